The van der Waals surface area contributed by atoms with E-state index in [-0.39, 0.29) is 5.75 Å². The maximum atomic E-state index is 12.2. The van der Waals surface area contributed by atoms with Gasteiger partial charge in [-0.2, -0.15) is 0 Å². The highest BCUT2D eigenvalue weighted by Crippen LogP contribution is 2.15. The molecular formula is C19H23NO5S. The van der Waals surface area contributed by atoms with Crippen LogP contribution in [-0.2, 0) is 21.2 Å². The van der Waals surface area contributed by atoms with Gasteiger partial charge in [-0.25, -0.2) is 13.2 Å². The minimum Gasteiger partial charge on any atom is -0.479 e. The summed E-state index contributed by atoms with van der Waals surface area (Å²) < 4.78 is 29.7. The van der Waals surface area contributed by atoms with Crippen LogP contribution in [0, 0.1) is 0 Å². The Morgan fingerprint density at radius 3 is 2.58 bits per heavy atom. The van der Waals surface area contributed by atoms with Crippen LogP contribution in [0.15, 0.2) is 59.5 Å². The lowest BCUT2D eigenvalue weighted by Gasteiger charge is -2.12. The van der Waals surface area contributed by atoms with Crippen LogP contribution in [0.2, 0.25) is 0 Å². The van der Waals surface area contributed by atoms with Crippen molar-refractivity contribution in [2.45, 2.75) is 30.9 Å². The molecule has 0 aromatic heterocycles. The predicted octanol–water partition coefficient (Wildman–Crippen LogP) is 2.49. The molecule has 0 fully saturated rings. The second-order valence-electron chi connectivity index (χ2n) is 5.91. The maximum absolute atomic E-state index is 12.2. The van der Waals surface area contributed by atoms with Gasteiger partial charge in [-0.05, 0) is 49.7 Å². The number of sulfone groups is 1. The van der Waals surface area contributed by atoms with E-state index < -0.39 is 21.9 Å². The first-order valence-corrected chi connectivity index (χ1v) is 10.0. The zero-order valence-corrected chi connectivity index (χ0v) is 15.4. The lowest BCUT2D eigenvalue weighted by molar-refractivity contribution is -0.144. The van der Waals surface area contributed by atoms with Crippen molar-refractivity contribution in [2.75, 3.05) is 12.3 Å². The number of aliphatic carboxylic acids is 1. The molecule has 0 amide bonds. The van der Waals surface area contributed by atoms with Crippen molar-refractivity contribution >= 4 is 15.8 Å². The minimum atomic E-state index is -3.25. The molecule has 2 aromatic rings. The molecule has 0 saturated heterocycles. The number of benzene rings is 2. The van der Waals surface area contributed by atoms with E-state index in [4.69, 9.17) is 9.84 Å². The molecule has 0 aliphatic heterocycles. The van der Waals surface area contributed by atoms with E-state index in [1.54, 1.807) is 48.5 Å². The van der Waals surface area contributed by atoms with Crippen LogP contribution < -0.4 is 10.1 Å². The fourth-order valence-electron chi connectivity index (χ4n) is 2.35. The largest absolute Gasteiger partial charge is 0.479 e. The molecule has 0 heterocycles. The number of carboxylic acids is 1. The first-order valence-electron chi connectivity index (χ1n) is 8.35. The quantitative estimate of drug-likeness (QED) is 0.618. The van der Waals surface area contributed by atoms with Crippen LogP contribution in [-0.4, -0.2) is 37.9 Å². The van der Waals surface area contributed by atoms with Gasteiger partial charge >= 0.3 is 5.97 Å². The second-order valence-corrected chi connectivity index (χ2v) is 8.02. The van der Waals surface area contributed by atoms with E-state index >= 15 is 0 Å². The smallest absolute Gasteiger partial charge is 0.344 e. The number of carboxylic acid groups (broad SMARTS) is 1. The predicted molar refractivity (Wildman–Crippen MR) is 99.0 cm³/mol. The monoisotopic (exact) mass is 377 g/mol. The van der Waals surface area contributed by atoms with Crippen LogP contribution in [0.4, 0.5) is 0 Å². The molecule has 6 nitrogen and oxygen atoms in total. The van der Waals surface area contributed by atoms with Crippen LogP contribution in [0.5, 0.6) is 5.75 Å². The highest BCUT2D eigenvalue weighted by molar-refractivity contribution is 7.91. The van der Waals surface area contributed by atoms with Gasteiger partial charge in [-0.1, -0.05) is 30.3 Å². The molecule has 26 heavy (non-hydrogen) atoms. The molecule has 2 rings (SSSR count). The summed E-state index contributed by atoms with van der Waals surface area (Å²) >= 11 is 0. The molecule has 2 aromatic carbocycles. The summed E-state index contributed by atoms with van der Waals surface area (Å²) in [6.07, 6.45) is -0.412. The fraction of sp³-hybridized carbons (Fsp3) is 0.316. The van der Waals surface area contributed by atoms with Crippen LogP contribution >= 0.6 is 0 Å². The zero-order chi connectivity index (χ0) is 19.0. The highest BCUT2D eigenvalue weighted by Gasteiger charge is 2.13. The molecule has 1 unspecified atom stereocenters. The van der Waals surface area contributed by atoms with Crippen molar-refractivity contribution in [2.24, 2.45) is 0 Å². The van der Waals surface area contributed by atoms with Gasteiger partial charge in [0.2, 0.25) is 0 Å². The van der Waals surface area contributed by atoms with E-state index in [0.29, 0.717) is 30.2 Å². The third-order valence-electron chi connectivity index (χ3n) is 3.76. The van der Waals surface area contributed by atoms with Gasteiger partial charge in [0.05, 0.1) is 10.6 Å². The summed E-state index contributed by atoms with van der Waals surface area (Å²) in [5, 5.41) is 12.1. The normalized spacial score (nSPS) is 12.5. The number of nitrogens with one attached hydrogen (secondary N) is 1. The Morgan fingerprint density at radius 2 is 1.88 bits per heavy atom. The summed E-state index contributed by atoms with van der Waals surface area (Å²) in [6, 6.07) is 15.6. The van der Waals surface area contributed by atoms with Gasteiger partial charge in [0.1, 0.15) is 5.75 Å². The summed E-state index contributed by atoms with van der Waals surface area (Å²) in [6.45, 7) is 2.58. The molecule has 0 saturated carbocycles. The Morgan fingerprint density at radius 1 is 1.15 bits per heavy atom. The van der Waals surface area contributed by atoms with E-state index in [0.717, 1.165) is 5.56 Å². The Bertz CT molecular complexity index is 821. The van der Waals surface area contributed by atoms with Gasteiger partial charge in [-0.15, -0.1) is 0 Å². The van der Waals surface area contributed by atoms with E-state index in [1.807, 2.05) is 6.07 Å². The second kappa shape index (κ2) is 9.35. The van der Waals surface area contributed by atoms with Crippen molar-refractivity contribution in [3.05, 3.63) is 60.2 Å². The van der Waals surface area contributed by atoms with Crippen molar-refractivity contribution in [3.8, 4) is 5.75 Å². The third-order valence-corrected chi connectivity index (χ3v) is 5.57. The molecule has 0 aliphatic carbocycles. The van der Waals surface area contributed by atoms with E-state index in [1.165, 1.54) is 6.92 Å². The van der Waals surface area contributed by atoms with E-state index in [9.17, 15) is 13.2 Å². The Balaban J connectivity index is 1.77. The molecule has 0 radical (unpaired) electrons. The van der Waals surface area contributed by atoms with Crippen LogP contribution in [0.25, 0.3) is 0 Å². The first kappa shape index (κ1) is 19.9. The minimum absolute atomic E-state index is 0.0866. The van der Waals surface area contributed by atoms with Crippen molar-refractivity contribution in [3.63, 3.8) is 0 Å². The van der Waals surface area contributed by atoms with Crippen molar-refractivity contribution < 1.29 is 23.1 Å². The van der Waals surface area contributed by atoms with Crippen LogP contribution in [0.1, 0.15) is 18.9 Å². The zero-order valence-electron chi connectivity index (χ0n) is 14.6. The van der Waals surface area contributed by atoms with Gasteiger partial charge < -0.3 is 15.2 Å². The average molecular weight is 377 g/mol. The summed E-state index contributed by atoms with van der Waals surface area (Å²) in [5.74, 6) is -0.442. The van der Waals surface area contributed by atoms with Gasteiger partial charge in [0.15, 0.2) is 15.9 Å². The molecule has 140 valence electrons. The van der Waals surface area contributed by atoms with Gasteiger partial charge in [0, 0.05) is 6.54 Å². The maximum Gasteiger partial charge on any atom is 0.344 e. The summed E-state index contributed by atoms with van der Waals surface area (Å²) in [5.41, 5.74) is 0.936. The van der Waals surface area contributed by atoms with Gasteiger partial charge in [0.25, 0.3) is 0 Å². The lowest BCUT2D eigenvalue weighted by atomic mass is 10.2. The van der Waals surface area contributed by atoms with Crippen molar-refractivity contribution in [1.29, 1.82) is 0 Å². The molecule has 1 atom stereocenters. The van der Waals surface area contributed by atoms with Gasteiger partial charge in [-0.3, -0.25) is 0 Å². The molecule has 0 spiro atoms. The number of hydrogen-bond acceptors (Lipinski definition) is 5. The summed E-state index contributed by atoms with van der Waals surface area (Å²) in [4.78, 5) is 11.2. The summed E-state index contributed by atoms with van der Waals surface area (Å²) in [7, 11) is -3.25. The Hall–Kier alpha value is -2.38. The molecule has 2 N–H and O–H groups in total. The van der Waals surface area contributed by atoms with E-state index in [2.05, 4.69) is 5.32 Å². The number of hydrogen-bond donors (Lipinski definition) is 2. The number of rotatable bonds is 10. The average Bonchev–Trinajstić information content (AvgIpc) is 2.62. The number of carbonyl (C=O) groups is 1. The molecule has 0 aliphatic rings. The SMILES string of the molecule is CC(Oc1cccc(CNCCCS(=O)(=O)c2ccccc2)c1)C(=O)O. The lowest BCUT2D eigenvalue weighted by Crippen LogP contribution is -2.23. The topological polar surface area (TPSA) is 92.7 Å². The highest BCUT2D eigenvalue weighted by atomic mass is 32.2. The molecule has 7 heteroatoms. The number of ether oxygens (including phenoxy) is 1. The third kappa shape index (κ3) is 6.16. The van der Waals surface area contributed by atoms with Crippen molar-refractivity contribution in [1.82, 2.24) is 5.32 Å². The van der Waals surface area contributed by atoms with Crippen LogP contribution in [0.3, 0.4) is 0 Å². The Labute approximate surface area is 153 Å². The standard InChI is InChI=1S/C19H23NO5S/c1-15(19(21)22)25-17-8-5-7-16(13-17)14-20-11-6-12-26(23,24)18-9-3-2-4-10-18/h2-5,7-10,13,15,20H,6,11-12,14H2,1H3,(H,21,22). The fourth-order valence-corrected chi connectivity index (χ4v) is 3.68. The molecule has 0 bridgehead atoms. The first-order chi connectivity index (χ1) is 12.4. The Kier molecular flexibility index (Phi) is 7.17. The molecular weight excluding hydrogens is 354 g/mol.